The first-order valence-corrected chi connectivity index (χ1v) is 4.99. The predicted molar refractivity (Wildman–Crippen MR) is 63.4 cm³/mol. The summed E-state index contributed by atoms with van der Waals surface area (Å²) >= 11 is 0. The molecule has 0 spiro atoms. The van der Waals surface area contributed by atoms with E-state index in [-0.39, 0.29) is 5.97 Å². The molecule has 0 aliphatic rings. The second kappa shape index (κ2) is 5.35. The number of hydrogen-bond donors (Lipinski definition) is 0. The summed E-state index contributed by atoms with van der Waals surface area (Å²) in [7, 11) is 2.97. The summed E-state index contributed by atoms with van der Waals surface area (Å²) in [6, 6.07) is 5.83. The molecule has 86 valence electrons. The van der Waals surface area contributed by atoms with Crippen LogP contribution in [0.25, 0.3) is 5.57 Å². The third kappa shape index (κ3) is 2.86. The molecule has 0 amide bonds. The molecule has 3 nitrogen and oxygen atoms in total. The van der Waals surface area contributed by atoms with Crippen LogP contribution in [0.5, 0.6) is 5.75 Å². The summed E-state index contributed by atoms with van der Waals surface area (Å²) in [5.74, 6) is 0.393. The lowest BCUT2D eigenvalue weighted by Gasteiger charge is -2.09. The number of rotatable bonds is 3. The zero-order valence-electron chi connectivity index (χ0n) is 10.0. The highest BCUT2D eigenvalue weighted by Gasteiger charge is 2.06. The standard InChI is InChI=1S/C13H16O3/c1-9-5-6-12(15-3)11(7-9)10(2)8-13(14)16-4/h5-8H,1-4H3/b10-8-. The lowest BCUT2D eigenvalue weighted by molar-refractivity contribution is -0.134. The maximum atomic E-state index is 11.1. The van der Waals surface area contributed by atoms with Crippen LogP contribution in [0.3, 0.4) is 0 Å². The zero-order chi connectivity index (χ0) is 12.1. The second-order valence-electron chi connectivity index (χ2n) is 3.55. The van der Waals surface area contributed by atoms with Gasteiger partial charge in [-0.1, -0.05) is 11.6 Å². The Kier molecular flexibility index (Phi) is 4.11. The molecular formula is C13H16O3. The Morgan fingerprint density at radius 2 is 2.00 bits per heavy atom. The van der Waals surface area contributed by atoms with E-state index < -0.39 is 0 Å². The fourth-order valence-electron chi connectivity index (χ4n) is 1.44. The van der Waals surface area contributed by atoms with Crippen molar-refractivity contribution in [2.45, 2.75) is 13.8 Å². The van der Waals surface area contributed by atoms with E-state index in [2.05, 4.69) is 4.74 Å². The van der Waals surface area contributed by atoms with E-state index >= 15 is 0 Å². The van der Waals surface area contributed by atoms with Gasteiger partial charge in [0.1, 0.15) is 5.75 Å². The van der Waals surface area contributed by atoms with Crippen molar-refractivity contribution < 1.29 is 14.3 Å². The Hall–Kier alpha value is -1.77. The van der Waals surface area contributed by atoms with Crippen molar-refractivity contribution in [1.82, 2.24) is 0 Å². The number of allylic oxidation sites excluding steroid dienone is 1. The number of benzene rings is 1. The van der Waals surface area contributed by atoms with E-state index in [9.17, 15) is 4.79 Å². The Morgan fingerprint density at radius 1 is 1.31 bits per heavy atom. The maximum absolute atomic E-state index is 11.1. The van der Waals surface area contributed by atoms with Crippen molar-refractivity contribution in [3.63, 3.8) is 0 Å². The second-order valence-corrected chi connectivity index (χ2v) is 3.55. The van der Waals surface area contributed by atoms with Gasteiger partial charge in [-0.25, -0.2) is 4.79 Å². The number of carbonyl (C=O) groups excluding carboxylic acids is 1. The normalized spacial score (nSPS) is 11.1. The molecule has 0 heterocycles. The van der Waals surface area contributed by atoms with E-state index in [1.807, 2.05) is 32.0 Å². The average Bonchev–Trinajstić information content (AvgIpc) is 2.28. The number of carbonyl (C=O) groups is 1. The van der Waals surface area contributed by atoms with Crippen LogP contribution in [0.1, 0.15) is 18.1 Å². The average molecular weight is 220 g/mol. The van der Waals surface area contributed by atoms with Crippen LogP contribution in [0.2, 0.25) is 0 Å². The van der Waals surface area contributed by atoms with Crippen LogP contribution in [0.4, 0.5) is 0 Å². The molecule has 0 aliphatic carbocycles. The Bertz CT molecular complexity index is 419. The smallest absolute Gasteiger partial charge is 0.330 e. The molecular weight excluding hydrogens is 204 g/mol. The number of esters is 1. The molecule has 0 aromatic heterocycles. The lowest BCUT2D eigenvalue weighted by atomic mass is 10.0. The Labute approximate surface area is 95.7 Å². The number of aryl methyl sites for hydroxylation is 1. The molecule has 0 N–H and O–H groups in total. The van der Waals surface area contributed by atoms with Crippen molar-refractivity contribution in [1.29, 1.82) is 0 Å². The van der Waals surface area contributed by atoms with Crippen LogP contribution >= 0.6 is 0 Å². The zero-order valence-corrected chi connectivity index (χ0v) is 10.0. The summed E-state index contributed by atoms with van der Waals surface area (Å²) in [5.41, 5.74) is 2.86. The summed E-state index contributed by atoms with van der Waals surface area (Å²) in [4.78, 5) is 11.1. The van der Waals surface area contributed by atoms with E-state index in [1.165, 1.54) is 13.2 Å². The highest BCUT2D eigenvalue weighted by Crippen LogP contribution is 2.26. The minimum absolute atomic E-state index is 0.360. The molecule has 0 bridgehead atoms. The lowest BCUT2D eigenvalue weighted by Crippen LogP contribution is -1.97. The minimum Gasteiger partial charge on any atom is -0.496 e. The topological polar surface area (TPSA) is 35.5 Å². The molecule has 0 saturated heterocycles. The van der Waals surface area contributed by atoms with Crippen molar-refractivity contribution in [2.24, 2.45) is 0 Å². The number of methoxy groups -OCH3 is 2. The molecule has 0 aliphatic heterocycles. The first kappa shape index (κ1) is 12.3. The predicted octanol–water partition coefficient (Wildman–Crippen LogP) is 2.58. The number of ether oxygens (including phenoxy) is 2. The van der Waals surface area contributed by atoms with Crippen LogP contribution in [-0.4, -0.2) is 20.2 Å². The summed E-state index contributed by atoms with van der Waals surface area (Å²) < 4.78 is 9.83. The third-order valence-corrected chi connectivity index (χ3v) is 2.32. The van der Waals surface area contributed by atoms with Gasteiger partial charge in [-0.2, -0.15) is 0 Å². The van der Waals surface area contributed by atoms with Gasteiger partial charge >= 0.3 is 5.97 Å². The van der Waals surface area contributed by atoms with Crippen molar-refractivity contribution in [3.05, 3.63) is 35.4 Å². The fraction of sp³-hybridized carbons (Fsp3) is 0.308. The third-order valence-electron chi connectivity index (χ3n) is 2.32. The van der Waals surface area contributed by atoms with Crippen LogP contribution < -0.4 is 4.74 Å². The number of hydrogen-bond acceptors (Lipinski definition) is 3. The first-order valence-electron chi connectivity index (χ1n) is 4.99. The Balaban J connectivity index is 3.15. The van der Waals surface area contributed by atoms with Gasteiger partial charge in [0.15, 0.2) is 0 Å². The van der Waals surface area contributed by atoms with E-state index in [4.69, 9.17) is 4.74 Å². The van der Waals surface area contributed by atoms with E-state index in [0.29, 0.717) is 0 Å². The molecule has 0 fully saturated rings. The van der Waals surface area contributed by atoms with Crippen molar-refractivity contribution >= 4 is 11.5 Å². The Morgan fingerprint density at radius 3 is 2.56 bits per heavy atom. The minimum atomic E-state index is -0.360. The monoisotopic (exact) mass is 220 g/mol. The molecule has 0 radical (unpaired) electrons. The highest BCUT2D eigenvalue weighted by molar-refractivity contribution is 5.91. The van der Waals surface area contributed by atoms with Crippen molar-refractivity contribution in [3.8, 4) is 5.75 Å². The SMILES string of the molecule is COC(=O)/C=C(/C)c1cc(C)ccc1OC. The largest absolute Gasteiger partial charge is 0.496 e. The van der Waals surface area contributed by atoms with E-state index in [1.54, 1.807) is 7.11 Å². The van der Waals surface area contributed by atoms with Gasteiger partial charge in [0.05, 0.1) is 14.2 Å². The van der Waals surface area contributed by atoms with Crippen LogP contribution in [0, 0.1) is 6.92 Å². The van der Waals surface area contributed by atoms with Gasteiger partial charge in [-0.05, 0) is 31.6 Å². The van der Waals surface area contributed by atoms with E-state index in [0.717, 1.165) is 22.4 Å². The molecule has 3 heteroatoms. The van der Waals surface area contributed by atoms with Gasteiger partial charge in [-0.3, -0.25) is 0 Å². The van der Waals surface area contributed by atoms with Gasteiger partial charge in [-0.15, -0.1) is 0 Å². The molecule has 16 heavy (non-hydrogen) atoms. The molecule has 0 atom stereocenters. The maximum Gasteiger partial charge on any atom is 0.330 e. The van der Waals surface area contributed by atoms with Crippen LogP contribution in [0.15, 0.2) is 24.3 Å². The summed E-state index contributed by atoms with van der Waals surface area (Å²) in [6.45, 7) is 3.85. The summed E-state index contributed by atoms with van der Waals surface area (Å²) in [5, 5.41) is 0. The molecule has 1 aromatic carbocycles. The highest BCUT2D eigenvalue weighted by atomic mass is 16.5. The van der Waals surface area contributed by atoms with Gasteiger partial charge in [0.25, 0.3) is 0 Å². The van der Waals surface area contributed by atoms with Crippen molar-refractivity contribution in [2.75, 3.05) is 14.2 Å². The van der Waals surface area contributed by atoms with Gasteiger partial charge in [0.2, 0.25) is 0 Å². The molecule has 0 saturated carbocycles. The summed E-state index contributed by atoms with van der Waals surface area (Å²) in [6.07, 6.45) is 1.46. The molecule has 0 unspecified atom stereocenters. The van der Waals surface area contributed by atoms with Crippen LogP contribution in [-0.2, 0) is 9.53 Å². The van der Waals surface area contributed by atoms with Gasteiger partial charge < -0.3 is 9.47 Å². The molecule has 1 aromatic rings. The fourth-order valence-corrected chi connectivity index (χ4v) is 1.44. The first-order chi connectivity index (χ1) is 7.58. The molecule has 1 rings (SSSR count). The quantitative estimate of drug-likeness (QED) is 0.580. The van der Waals surface area contributed by atoms with Gasteiger partial charge in [0, 0.05) is 11.6 Å².